The van der Waals surface area contributed by atoms with Crippen LogP contribution in [0.2, 0.25) is 0 Å². The number of hydrogen-bond donors (Lipinski definition) is 0. The number of para-hydroxylation sites is 1. The quantitative estimate of drug-likeness (QED) is 0.716. The third kappa shape index (κ3) is 3.56. The van der Waals surface area contributed by atoms with Crippen molar-refractivity contribution in [1.82, 2.24) is 4.31 Å². The minimum atomic E-state index is -3.79. The number of benzene rings is 2. The molecule has 0 saturated heterocycles. The number of hydrogen-bond acceptors (Lipinski definition) is 4. The molecule has 0 amide bonds. The van der Waals surface area contributed by atoms with Gasteiger partial charge in [0.05, 0.1) is 15.5 Å². The standard InChI is InChI=1S/C20H26N2O4S2/c1-4-21(5-2)27(23,24)18-12-14-19(15-13-18)28(25,26)22-16(3)10-11-17-8-6-7-9-20(17)22/h6-9,12-16H,4-5,10-11H2,1-3H3/t16-/m0/s1. The van der Waals surface area contributed by atoms with Crippen molar-refractivity contribution in [1.29, 1.82) is 0 Å². The van der Waals surface area contributed by atoms with Crippen LogP contribution in [0.4, 0.5) is 5.69 Å². The summed E-state index contributed by atoms with van der Waals surface area (Å²) in [6.07, 6.45) is 1.58. The van der Waals surface area contributed by atoms with Crippen LogP contribution in [-0.4, -0.2) is 40.3 Å². The van der Waals surface area contributed by atoms with E-state index in [1.165, 1.54) is 32.9 Å². The Balaban J connectivity index is 2.00. The van der Waals surface area contributed by atoms with Crippen molar-refractivity contribution in [3.8, 4) is 0 Å². The largest absolute Gasteiger partial charge is 0.264 e. The van der Waals surface area contributed by atoms with Crippen molar-refractivity contribution in [2.75, 3.05) is 17.4 Å². The number of fused-ring (bicyclic) bond motifs is 1. The lowest BCUT2D eigenvalue weighted by molar-refractivity contribution is 0.445. The highest BCUT2D eigenvalue weighted by Crippen LogP contribution is 2.35. The fourth-order valence-electron chi connectivity index (χ4n) is 3.63. The van der Waals surface area contributed by atoms with Crippen LogP contribution in [0.1, 0.15) is 32.8 Å². The van der Waals surface area contributed by atoms with Crippen molar-refractivity contribution in [2.24, 2.45) is 0 Å². The predicted molar refractivity (Wildman–Crippen MR) is 110 cm³/mol. The Morgan fingerprint density at radius 3 is 2.11 bits per heavy atom. The highest BCUT2D eigenvalue weighted by Gasteiger charge is 2.34. The molecule has 6 nitrogen and oxygen atoms in total. The van der Waals surface area contributed by atoms with Crippen molar-refractivity contribution in [3.05, 3.63) is 54.1 Å². The smallest absolute Gasteiger partial charge is 0.263 e. The van der Waals surface area contributed by atoms with E-state index in [0.717, 1.165) is 18.4 Å². The van der Waals surface area contributed by atoms with Crippen molar-refractivity contribution < 1.29 is 16.8 Å². The van der Waals surface area contributed by atoms with Gasteiger partial charge in [0, 0.05) is 19.1 Å². The van der Waals surface area contributed by atoms with Gasteiger partial charge in [-0.3, -0.25) is 4.31 Å². The van der Waals surface area contributed by atoms with Crippen LogP contribution in [0, 0.1) is 0 Å². The second-order valence-corrected chi connectivity index (χ2v) is 10.6. The summed E-state index contributed by atoms with van der Waals surface area (Å²) in [6, 6.07) is 12.9. The highest BCUT2D eigenvalue weighted by atomic mass is 32.2. The van der Waals surface area contributed by atoms with Gasteiger partial charge < -0.3 is 0 Å². The molecule has 2 aromatic carbocycles. The van der Waals surface area contributed by atoms with E-state index < -0.39 is 20.0 Å². The SMILES string of the molecule is CCN(CC)S(=O)(=O)c1ccc(S(=O)(=O)N2c3ccccc3CC[C@@H]2C)cc1. The van der Waals surface area contributed by atoms with Gasteiger partial charge in [-0.15, -0.1) is 0 Å². The van der Waals surface area contributed by atoms with Gasteiger partial charge in [0.1, 0.15) is 0 Å². The Bertz CT molecular complexity index is 1040. The van der Waals surface area contributed by atoms with Gasteiger partial charge in [-0.2, -0.15) is 4.31 Å². The molecule has 3 rings (SSSR count). The summed E-state index contributed by atoms with van der Waals surface area (Å²) in [7, 11) is -7.42. The molecule has 1 aliphatic heterocycles. The van der Waals surface area contributed by atoms with E-state index in [4.69, 9.17) is 0 Å². The van der Waals surface area contributed by atoms with E-state index in [1.54, 1.807) is 13.8 Å². The average Bonchev–Trinajstić information content (AvgIpc) is 2.68. The zero-order valence-corrected chi connectivity index (χ0v) is 18.0. The van der Waals surface area contributed by atoms with Crippen LogP contribution < -0.4 is 4.31 Å². The normalized spacial score (nSPS) is 17.6. The van der Waals surface area contributed by atoms with Gasteiger partial charge in [0.2, 0.25) is 10.0 Å². The molecule has 8 heteroatoms. The number of nitrogens with zero attached hydrogens (tertiary/aromatic N) is 2. The van der Waals surface area contributed by atoms with E-state index in [9.17, 15) is 16.8 Å². The Hall–Kier alpha value is -1.90. The van der Waals surface area contributed by atoms with Gasteiger partial charge in [-0.25, -0.2) is 16.8 Å². The molecule has 0 radical (unpaired) electrons. The van der Waals surface area contributed by atoms with Crippen LogP contribution in [-0.2, 0) is 26.5 Å². The average molecular weight is 423 g/mol. The Morgan fingerprint density at radius 2 is 1.50 bits per heavy atom. The van der Waals surface area contributed by atoms with Crippen LogP contribution in [0.3, 0.4) is 0 Å². The number of sulfonamides is 2. The summed E-state index contributed by atoms with van der Waals surface area (Å²) in [5, 5.41) is 0. The molecule has 0 unspecified atom stereocenters. The first-order valence-electron chi connectivity index (χ1n) is 9.46. The topological polar surface area (TPSA) is 74.8 Å². The lowest BCUT2D eigenvalue weighted by Gasteiger charge is -2.36. The van der Waals surface area contributed by atoms with Crippen molar-refractivity contribution in [2.45, 2.75) is 49.4 Å². The molecular formula is C20H26N2O4S2. The van der Waals surface area contributed by atoms with Crippen LogP contribution >= 0.6 is 0 Å². The summed E-state index contributed by atoms with van der Waals surface area (Å²) in [6.45, 7) is 6.17. The molecule has 0 saturated carbocycles. The fourth-order valence-corrected chi connectivity index (χ4v) is 6.81. The van der Waals surface area contributed by atoms with Crippen LogP contribution in [0.5, 0.6) is 0 Å². The van der Waals surface area contributed by atoms with Crippen molar-refractivity contribution in [3.63, 3.8) is 0 Å². The minimum Gasteiger partial charge on any atom is -0.263 e. The molecule has 1 aliphatic rings. The lowest BCUT2D eigenvalue weighted by atomic mass is 9.99. The monoisotopic (exact) mass is 422 g/mol. The van der Waals surface area contributed by atoms with E-state index in [2.05, 4.69) is 0 Å². The maximum Gasteiger partial charge on any atom is 0.264 e. The third-order valence-electron chi connectivity index (χ3n) is 5.18. The fraction of sp³-hybridized carbons (Fsp3) is 0.400. The first kappa shape index (κ1) is 20.8. The molecule has 0 fully saturated rings. The number of rotatable bonds is 6. The first-order valence-corrected chi connectivity index (χ1v) is 12.3. The first-order chi connectivity index (χ1) is 13.2. The molecule has 0 bridgehead atoms. The van der Waals surface area contributed by atoms with E-state index in [0.29, 0.717) is 18.8 Å². The summed E-state index contributed by atoms with van der Waals surface area (Å²) >= 11 is 0. The second kappa shape index (κ2) is 7.85. The summed E-state index contributed by atoms with van der Waals surface area (Å²) in [4.78, 5) is 0.191. The minimum absolute atomic E-state index is 0.0922. The highest BCUT2D eigenvalue weighted by molar-refractivity contribution is 7.93. The Kier molecular flexibility index (Phi) is 5.84. The maximum absolute atomic E-state index is 13.3. The second-order valence-electron chi connectivity index (χ2n) is 6.88. The van der Waals surface area contributed by atoms with E-state index >= 15 is 0 Å². The van der Waals surface area contributed by atoms with Gasteiger partial charge >= 0.3 is 0 Å². The summed E-state index contributed by atoms with van der Waals surface area (Å²) < 4.78 is 54.7. The predicted octanol–water partition coefficient (Wildman–Crippen LogP) is 3.25. The van der Waals surface area contributed by atoms with E-state index in [-0.39, 0.29) is 15.8 Å². The number of anilines is 1. The van der Waals surface area contributed by atoms with Crippen LogP contribution in [0.15, 0.2) is 58.3 Å². The van der Waals surface area contributed by atoms with Crippen molar-refractivity contribution >= 4 is 25.7 Å². The zero-order chi connectivity index (χ0) is 20.5. The summed E-state index contributed by atoms with van der Waals surface area (Å²) in [5.74, 6) is 0. The molecule has 1 atom stereocenters. The molecule has 152 valence electrons. The summed E-state index contributed by atoms with van der Waals surface area (Å²) in [5.41, 5.74) is 1.70. The van der Waals surface area contributed by atoms with Gasteiger partial charge in [0.25, 0.3) is 10.0 Å². The molecule has 0 aromatic heterocycles. The van der Waals surface area contributed by atoms with Crippen LogP contribution in [0.25, 0.3) is 0 Å². The zero-order valence-electron chi connectivity index (χ0n) is 16.4. The van der Waals surface area contributed by atoms with Gasteiger partial charge in [-0.05, 0) is 55.7 Å². The molecule has 2 aromatic rings. The molecule has 0 N–H and O–H groups in total. The third-order valence-corrected chi connectivity index (χ3v) is 9.19. The molecular weight excluding hydrogens is 396 g/mol. The Morgan fingerprint density at radius 1 is 0.929 bits per heavy atom. The molecule has 28 heavy (non-hydrogen) atoms. The maximum atomic E-state index is 13.3. The Labute approximate surface area is 167 Å². The molecule has 0 aliphatic carbocycles. The molecule has 0 spiro atoms. The van der Waals surface area contributed by atoms with Gasteiger partial charge in [-0.1, -0.05) is 32.0 Å². The van der Waals surface area contributed by atoms with E-state index in [1.807, 2.05) is 31.2 Å². The van der Waals surface area contributed by atoms with Gasteiger partial charge in [0.15, 0.2) is 0 Å². The number of aryl methyl sites for hydroxylation is 1. The molecule has 1 heterocycles. The lowest BCUT2D eigenvalue weighted by Crippen LogP contribution is -2.42.